The van der Waals surface area contributed by atoms with Gasteiger partial charge in [-0.2, -0.15) is 0 Å². The zero-order valence-electron chi connectivity index (χ0n) is 14.7. The van der Waals surface area contributed by atoms with E-state index >= 15 is 0 Å². The maximum absolute atomic E-state index is 12.5. The molecule has 0 atom stereocenters. The van der Waals surface area contributed by atoms with Gasteiger partial charge < -0.3 is 9.47 Å². The Morgan fingerprint density at radius 2 is 2.07 bits per heavy atom. The first-order valence-corrected chi connectivity index (χ1v) is 9.15. The molecule has 27 heavy (non-hydrogen) atoms. The fourth-order valence-corrected chi connectivity index (χ4v) is 3.86. The molecule has 1 aromatic carbocycles. The van der Waals surface area contributed by atoms with Gasteiger partial charge in [-0.05, 0) is 31.2 Å². The molecule has 0 aliphatic carbocycles. The predicted octanol–water partition coefficient (Wildman–Crippen LogP) is 3.73. The number of benzene rings is 1. The van der Waals surface area contributed by atoms with Gasteiger partial charge in [-0.3, -0.25) is 4.98 Å². The Balaban J connectivity index is 1.87. The first-order valence-electron chi connectivity index (χ1n) is 8.33. The van der Waals surface area contributed by atoms with Crippen LogP contribution in [0.3, 0.4) is 0 Å². The smallest absolute Gasteiger partial charge is 0.350 e. The standard InChI is InChI=1S/C19H16N4O3S/c1-3-26-19(24)18-17(16-15(27-18)9-6-10-20-16)23-11-13(21-22-23)12-7-4-5-8-14(12)25-2/h4-11H,3H2,1-2H3. The van der Waals surface area contributed by atoms with E-state index in [1.54, 1.807) is 31.1 Å². The lowest BCUT2D eigenvalue weighted by atomic mass is 10.1. The van der Waals surface area contributed by atoms with Crippen molar-refractivity contribution in [2.75, 3.05) is 13.7 Å². The zero-order chi connectivity index (χ0) is 18.8. The number of fused-ring (bicyclic) bond motifs is 1. The lowest BCUT2D eigenvalue weighted by molar-refractivity contribution is 0.0532. The van der Waals surface area contributed by atoms with Crippen LogP contribution in [0.1, 0.15) is 16.6 Å². The van der Waals surface area contributed by atoms with Crippen LogP contribution in [-0.4, -0.2) is 39.7 Å². The second-order valence-electron chi connectivity index (χ2n) is 5.60. The molecule has 4 rings (SSSR count). The fourth-order valence-electron chi connectivity index (χ4n) is 2.82. The number of hydrogen-bond donors (Lipinski definition) is 0. The van der Waals surface area contributed by atoms with Gasteiger partial charge in [0.05, 0.1) is 24.6 Å². The van der Waals surface area contributed by atoms with Gasteiger partial charge in [0.25, 0.3) is 0 Å². The van der Waals surface area contributed by atoms with Crippen LogP contribution in [0, 0.1) is 0 Å². The number of carbonyl (C=O) groups excluding carboxylic acids is 1. The second-order valence-corrected chi connectivity index (χ2v) is 6.65. The summed E-state index contributed by atoms with van der Waals surface area (Å²) < 4.78 is 13.1. The van der Waals surface area contributed by atoms with E-state index in [4.69, 9.17) is 9.47 Å². The summed E-state index contributed by atoms with van der Waals surface area (Å²) in [6.45, 7) is 2.07. The third-order valence-electron chi connectivity index (χ3n) is 3.99. The number of thiophene rings is 1. The van der Waals surface area contributed by atoms with Gasteiger partial charge in [-0.25, -0.2) is 9.48 Å². The predicted molar refractivity (Wildman–Crippen MR) is 102 cm³/mol. The number of pyridine rings is 1. The molecule has 3 aromatic heterocycles. The molecular weight excluding hydrogens is 364 g/mol. The van der Waals surface area contributed by atoms with Gasteiger partial charge in [-0.15, -0.1) is 16.4 Å². The molecule has 0 unspecified atom stereocenters. The van der Waals surface area contributed by atoms with E-state index in [2.05, 4.69) is 15.3 Å². The average Bonchev–Trinajstić information content (AvgIpc) is 3.32. The van der Waals surface area contributed by atoms with Crippen LogP contribution in [0.15, 0.2) is 48.8 Å². The summed E-state index contributed by atoms with van der Waals surface area (Å²) in [5, 5.41) is 8.50. The molecular formula is C19H16N4O3S. The largest absolute Gasteiger partial charge is 0.496 e. The van der Waals surface area contributed by atoms with Crippen molar-refractivity contribution in [3.63, 3.8) is 0 Å². The normalized spacial score (nSPS) is 10.9. The monoisotopic (exact) mass is 380 g/mol. The third kappa shape index (κ3) is 3.04. The molecule has 0 spiro atoms. The maximum Gasteiger partial charge on any atom is 0.350 e. The van der Waals surface area contributed by atoms with Gasteiger partial charge in [0, 0.05) is 11.8 Å². The Kier molecular flexibility index (Phi) is 4.55. The molecule has 4 aromatic rings. The molecule has 136 valence electrons. The average molecular weight is 380 g/mol. The first kappa shape index (κ1) is 17.2. The highest BCUT2D eigenvalue weighted by Crippen LogP contribution is 2.34. The summed E-state index contributed by atoms with van der Waals surface area (Å²) in [6.07, 6.45) is 3.45. The van der Waals surface area contributed by atoms with Crippen LogP contribution in [0.2, 0.25) is 0 Å². The fraction of sp³-hybridized carbons (Fsp3) is 0.158. The molecule has 7 nitrogen and oxygen atoms in total. The summed E-state index contributed by atoms with van der Waals surface area (Å²) in [5.74, 6) is 0.299. The number of aromatic nitrogens is 4. The maximum atomic E-state index is 12.5. The number of ether oxygens (including phenoxy) is 2. The van der Waals surface area contributed by atoms with Crippen molar-refractivity contribution in [2.24, 2.45) is 0 Å². The van der Waals surface area contributed by atoms with Crippen LogP contribution in [0.25, 0.3) is 27.2 Å². The Labute approximate surface area is 159 Å². The Morgan fingerprint density at radius 1 is 1.22 bits per heavy atom. The van der Waals surface area contributed by atoms with Crippen molar-refractivity contribution < 1.29 is 14.3 Å². The van der Waals surface area contributed by atoms with E-state index in [0.717, 1.165) is 10.3 Å². The second kappa shape index (κ2) is 7.16. The number of hydrogen-bond acceptors (Lipinski definition) is 7. The highest BCUT2D eigenvalue weighted by atomic mass is 32.1. The first-order chi connectivity index (χ1) is 13.2. The molecule has 0 N–H and O–H groups in total. The number of para-hydroxylation sites is 1. The van der Waals surface area contributed by atoms with Gasteiger partial charge in [0.1, 0.15) is 27.5 Å². The molecule has 0 aliphatic rings. The molecule has 0 radical (unpaired) electrons. The number of esters is 1. The van der Waals surface area contributed by atoms with Crippen LogP contribution in [0.5, 0.6) is 5.75 Å². The molecule has 0 amide bonds. The van der Waals surface area contributed by atoms with Gasteiger partial charge >= 0.3 is 5.97 Å². The highest BCUT2D eigenvalue weighted by molar-refractivity contribution is 7.21. The number of carbonyl (C=O) groups is 1. The lowest BCUT2D eigenvalue weighted by Crippen LogP contribution is -2.07. The van der Waals surface area contributed by atoms with Crippen molar-refractivity contribution in [3.8, 4) is 22.7 Å². The molecule has 3 heterocycles. The third-order valence-corrected chi connectivity index (χ3v) is 5.10. The number of nitrogens with zero attached hydrogens (tertiary/aromatic N) is 4. The van der Waals surface area contributed by atoms with E-state index in [-0.39, 0.29) is 0 Å². The van der Waals surface area contributed by atoms with E-state index in [9.17, 15) is 4.79 Å². The quantitative estimate of drug-likeness (QED) is 0.491. The van der Waals surface area contributed by atoms with Crippen LogP contribution >= 0.6 is 11.3 Å². The van der Waals surface area contributed by atoms with Gasteiger partial charge in [0.2, 0.25) is 0 Å². The van der Waals surface area contributed by atoms with Crippen molar-refractivity contribution in [1.82, 2.24) is 20.0 Å². The van der Waals surface area contributed by atoms with Gasteiger partial charge in [-0.1, -0.05) is 17.3 Å². The van der Waals surface area contributed by atoms with Crippen molar-refractivity contribution >= 4 is 27.5 Å². The molecule has 0 bridgehead atoms. The minimum absolute atomic E-state index is 0.295. The van der Waals surface area contributed by atoms with Crippen molar-refractivity contribution in [2.45, 2.75) is 6.92 Å². The van der Waals surface area contributed by atoms with E-state index < -0.39 is 5.97 Å². The van der Waals surface area contributed by atoms with Crippen LogP contribution in [0.4, 0.5) is 0 Å². The van der Waals surface area contributed by atoms with Crippen LogP contribution in [-0.2, 0) is 4.74 Å². The van der Waals surface area contributed by atoms with Crippen LogP contribution < -0.4 is 4.74 Å². The molecule has 0 saturated heterocycles. The zero-order valence-corrected chi connectivity index (χ0v) is 15.6. The van der Waals surface area contributed by atoms with E-state index in [1.807, 2.05) is 36.4 Å². The Bertz CT molecular complexity index is 1120. The summed E-state index contributed by atoms with van der Waals surface area (Å²) in [6, 6.07) is 11.3. The summed E-state index contributed by atoms with van der Waals surface area (Å²) in [7, 11) is 1.61. The van der Waals surface area contributed by atoms with Crippen molar-refractivity contribution in [3.05, 3.63) is 53.7 Å². The minimum atomic E-state index is -0.398. The summed E-state index contributed by atoms with van der Waals surface area (Å²) in [5.41, 5.74) is 2.71. The molecule has 0 aliphatic heterocycles. The minimum Gasteiger partial charge on any atom is -0.496 e. The molecule has 8 heteroatoms. The summed E-state index contributed by atoms with van der Waals surface area (Å²) >= 11 is 1.33. The molecule has 0 fully saturated rings. The van der Waals surface area contributed by atoms with Crippen molar-refractivity contribution in [1.29, 1.82) is 0 Å². The number of rotatable bonds is 5. The Morgan fingerprint density at radius 3 is 2.89 bits per heavy atom. The molecule has 0 saturated carbocycles. The SMILES string of the molecule is CCOC(=O)c1sc2cccnc2c1-n1cc(-c2ccccc2OC)nn1. The number of methoxy groups -OCH3 is 1. The van der Waals surface area contributed by atoms with Gasteiger partial charge in [0.15, 0.2) is 0 Å². The Hall–Kier alpha value is -3.26. The lowest BCUT2D eigenvalue weighted by Gasteiger charge is -2.05. The van der Waals surface area contributed by atoms with E-state index in [1.165, 1.54) is 11.3 Å². The topological polar surface area (TPSA) is 79.1 Å². The highest BCUT2D eigenvalue weighted by Gasteiger charge is 2.23. The summed E-state index contributed by atoms with van der Waals surface area (Å²) in [4.78, 5) is 17.3. The van der Waals surface area contributed by atoms with E-state index in [0.29, 0.717) is 34.1 Å².